The summed E-state index contributed by atoms with van der Waals surface area (Å²) < 4.78 is 8.88. The molecule has 0 aromatic heterocycles. The minimum absolute atomic E-state index is 0. The van der Waals surface area contributed by atoms with E-state index in [1.165, 1.54) is 193 Å². The van der Waals surface area contributed by atoms with Crippen molar-refractivity contribution in [1.29, 1.82) is 0 Å². The van der Waals surface area contributed by atoms with E-state index in [1.54, 1.807) is 0 Å². The summed E-state index contributed by atoms with van der Waals surface area (Å²) >= 11 is 0. The summed E-state index contributed by atoms with van der Waals surface area (Å²) in [5.74, 6) is 0. The fourth-order valence-electron chi connectivity index (χ4n) is 5.10. The van der Waals surface area contributed by atoms with Crippen molar-refractivity contribution >= 4 is 45.6 Å². The molecule has 0 fully saturated rings. The molecular formula is C36H77CaO4P. The topological polar surface area (TPSA) is 77.8 Å². The second kappa shape index (κ2) is 46.8. The van der Waals surface area contributed by atoms with Crippen LogP contribution in [0.4, 0.5) is 0 Å². The standard InChI is InChI=1S/2C18H37.Ca.H3O4P/c2*1-3-5-7-9-11-13-15-17-18-16-14-12-10-8-6-4-2;;1-5(2,3)4/h2*1,3-18H2,2H3;;(H3,1,2,3,4)/q2*-1;+2;. The Kier molecular flexibility index (Phi) is 56.0. The molecule has 0 aliphatic rings. The first-order valence-electron chi connectivity index (χ1n) is 18.2. The van der Waals surface area contributed by atoms with Gasteiger partial charge in [-0.15, -0.1) is 0 Å². The van der Waals surface area contributed by atoms with Gasteiger partial charge in [-0.25, -0.2) is 4.57 Å². The van der Waals surface area contributed by atoms with Crippen molar-refractivity contribution in [3.8, 4) is 0 Å². The van der Waals surface area contributed by atoms with Crippen LogP contribution in [-0.4, -0.2) is 52.4 Å². The van der Waals surface area contributed by atoms with Crippen molar-refractivity contribution < 1.29 is 19.2 Å². The van der Waals surface area contributed by atoms with Gasteiger partial charge >= 0.3 is 45.6 Å². The van der Waals surface area contributed by atoms with Crippen LogP contribution in [0.5, 0.6) is 0 Å². The van der Waals surface area contributed by atoms with Crippen LogP contribution in [0.15, 0.2) is 0 Å². The van der Waals surface area contributed by atoms with Gasteiger partial charge in [-0.2, -0.15) is 12.8 Å². The predicted octanol–water partition coefficient (Wildman–Crippen LogP) is 12.9. The third kappa shape index (κ3) is 68.5. The normalized spacial score (nSPS) is 10.8. The second-order valence-corrected chi connectivity index (χ2v) is 13.1. The molecule has 0 radical (unpaired) electrons. The zero-order valence-electron chi connectivity index (χ0n) is 28.9. The molecule has 0 spiro atoms. The Balaban J connectivity index is -0.000000290. The zero-order valence-corrected chi connectivity index (χ0v) is 32.0. The van der Waals surface area contributed by atoms with Crippen molar-refractivity contribution in [2.45, 2.75) is 219 Å². The minimum Gasteiger partial charge on any atom is -0.343 e. The number of rotatable bonds is 30. The van der Waals surface area contributed by atoms with E-state index in [9.17, 15) is 0 Å². The van der Waals surface area contributed by atoms with Gasteiger partial charge in [0.25, 0.3) is 0 Å². The SMILES string of the molecule is O=P(O)(O)O.[CH2-]CCCCCCCCCCCCCCCCC.[CH2-]CCCCCCCCCCCCCCCCC.[Ca+2]. The molecule has 0 aliphatic carbocycles. The number of hydrogen-bond donors (Lipinski definition) is 3. The van der Waals surface area contributed by atoms with E-state index in [4.69, 9.17) is 19.2 Å². The van der Waals surface area contributed by atoms with Crippen molar-refractivity contribution in [3.05, 3.63) is 13.8 Å². The van der Waals surface area contributed by atoms with Crippen LogP contribution in [0.2, 0.25) is 0 Å². The third-order valence-electron chi connectivity index (χ3n) is 7.71. The predicted molar refractivity (Wildman–Crippen MR) is 190 cm³/mol. The van der Waals surface area contributed by atoms with E-state index in [2.05, 4.69) is 27.7 Å². The van der Waals surface area contributed by atoms with E-state index < -0.39 is 7.82 Å². The van der Waals surface area contributed by atoms with Crippen LogP contribution in [0, 0.1) is 13.8 Å². The van der Waals surface area contributed by atoms with Crippen molar-refractivity contribution in [2.24, 2.45) is 0 Å². The van der Waals surface area contributed by atoms with Gasteiger partial charge < -0.3 is 28.5 Å². The molecule has 0 saturated heterocycles. The molecule has 0 unspecified atom stereocenters. The van der Waals surface area contributed by atoms with Gasteiger partial charge in [0.15, 0.2) is 0 Å². The van der Waals surface area contributed by atoms with Gasteiger partial charge in [0.05, 0.1) is 0 Å². The maximum Gasteiger partial charge on any atom is 2.00 e. The second-order valence-electron chi connectivity index (χ2n) is 12.1. The number of phosphoric acid groups is 1. The third-order valence-corrected chi connectivity index (χ3v) is 7.71. The molecule has 6 heteroatoms. The van der Waals surface area contributed by atoms with Crippen molar-refractivity contribution in [3.63, 3.8) is 0 Å². The number of unbranched alkanes of at least 4 members (excludes halogenated alkanes) is 30. The Hall–Kier alpha value is 1.37. The Morgan fingerprint density at radius 2 is 0.476 bits per heavy atom. The van der Waals surface area contributed by atoms with Gasteiger partial charge in [-0.05, 0) is 0 Å². The zero-order chi connectivity index (χ0) is 31.1. The van der Waals surface area contributed by atoms with Crippen molar-refractivity contribution in [1.82, 2.24) is 0 Å². The first-order valence-corrected chi connectivity index (χ1v) is 19.8. The summed E-state index contributed by atoms with van der Waals surface area (Å²) in [7, 11) is -4.64. The van der Waals surface area contributed by atoms with Crippen LogP contribution in [0.25, 0.3) is 0 Å². The van der Waals surface area contributed by atoms with E-state index >= 15 is 0 Å². The van der Waals surface area contributed by atoms with Crippen LogP contribution in [-0.2, 0) is 4.57 Å². The van der Waals surface area contributed by atoms with Gasteiger partial charge in [0.1, 0.15) is 0 Å². The first-order chi connectivity index (χ1) is 19.8. The fourth-order valence-corrected chi connectivity index (χ4v) is 5.10. The Labute approximate surface area is 296 Å². The molecule has 0 aromatic rings. The Morgan fingerprint density at radius 3 is 0.595 bits per heavy atom. The molecule has 42 heavy (non-hydrogen) atoms. The van der Waals surface area contributed by atoms with E-state index in [1.807, 2.05) is 0 Å². The summed E-state index contributed by atoms with van der Waals surface area (Å²) in [4.78, 5) is 21.6. The summed E-state index contributed by atoms with van der Waals surface area (Å²) in [5.41, 5.74) is 0. The summed E-state index contributed by atoms with van der Waals surface area (Å²) in [6.07, 6.45) is 45.6. The summed E-state index contributed by atoms with van der Waals surface area (Å²) in [6, 6.07) is 0. The molecule has 4 nitrogen and oxygen atoms in total. The molecule has 0 saturated carbocycles. The molecule has 3 N–H and O–H groups in total. The van der Waals surface area contributed by atoms with Gasteiger partial charge in [0.2, 0.25) is 0 Å². The largest absolute Gasteiger partial charge is 2.00 e. The molecule has 0 aromatic carbocycles. The van der Waals surface area contributed by atoms with E-state index in [0.29, 0.717) is 0 Å². The summed E-state index contributed by atoms with van der Waals surface area (Å²) in [6.45, 7) is 12.4. The van der Waals surface area contributed by atoms with E-state index in [0.717, 1.165) is 12.8 Å². The van der Waals surface area contributed by atoms with Gasteiger partial charge in [0, 0.05) is 0 Å². The van der Waals surface area contributed by atoms with E-state index in [-0.39, 0.29) is 37.7 Å². The molecule has 0 amide bonds. The quantitative estimate of drug-likeness (QED) is 0.0315. The molecule has 0 heterocycles. The molecule has 0 aliphatic heterocycles. The monoisotopic (exact) mass is 645 g/mol. The van der Waals surface area contributed by atoms with Crippen LogP contribution >= 0.6 is 7.82 Å². The van der Waals surface area contributed by atoms with Gasteiger partial charge in [-0.3, -0.25) is 0 Å². The Morgan fingerprint density at radius 1 is 0.357 bits per heavy atom. The molecule has 0 rings (SSSR count). The molecular weight excluding hydrogens is 567 g/mol. The van der Waals surface area contributed by atoms with Crippen LogP contribution in [0.1, 0.15) is 219 Å². The Bertz CT molecular complexity index is 401. The average Bonchev–Trinajstić information content (AvgIpc) is 2.93. The smallest absolute Gasteiger partial charge is 0.343 e. The van der Waals surface area contributed by atoms with Gasteiger partial charge in [-0.1, -0.05) is 206 Å². The average molecular weight is 645 g/mol. The maximum atomic E-state index is 8.88. The van der Waals surface area contributed by atoms with Crippen molar-refractivity contribution in [2.75, 3.05) is 0 Å². The summed E-state index contributed by atoms with van der Waals surface area (Å²) in [5, 5.41) is 0. The van der Waals surface area contributed by atoms with Crippen LogP contribution in [0.3, 0.4) is 0 Å². The number of hydrogen-bond acceptors (Lipinski definition) is 1. The minimum atomic E-state index is -4.64. The molecule has 0 atom stereocenters. The maximum absolute atomic E-state index is 8.88. The van der Waals surface area contributed by atoms with Crippen LogP contribution < -0.4 is 0 Å². The molecule has 0 bridgehead atoms. The first kappa shape index (κ1) is 50.2. The fraction of sp³-hybridized carbons (Fsp3) is 0.944. The molecule has 252 valence electrons.